The van der Waals surface area contributed by atoms with Gasteiger partial charge in [0, 0.05) is 31.7 Å². The van der Waals surface area contributed by atoms with Crippen molar-refractivity contribution in [2.45, 2.75) is 57.5 Å². The van der Waals surface area contributed by atoms with Crippen molar-refractivity contribution in [2.75, 3.05) is 46.3 Å². The maximum Gasteiger partial charge on any atom is 0.0223 e. The molecule has 0 radical (unpaired) electrons. The zero-order chi connectivity index (χ0) is 15.1. The van der Waals surface area contributed by atoms with Crippen molar-refractivity contribution >= 4 is 0 Å². The summed E-state index contributed by atoms with van der Waals surface area (Å²) in [4.78, 5) is 8.25. The van der Waals surface area contributed by atoms with E-state index in [-0.39, 0.29) is 0 Å². The van der Waals surface area contributed by atoms with Gasteiger partial charge in [0.25, 0.3) is 0 Å². The standard InChI is InChI=1S/C19H35N3/c1-15-10-16-12-22(13-17(16)11-15)19-4-3-7-21(14-19)18-5-8-20(2)9-6-18/h15-19H,3-14H2,1-2H3. The van der Waals surface area contributed by atoms with E-state index < -0.39 is 0 Å². The number of hydrogen-bond acceptors (Lipinski definition) is 3. The molecule has 126 valence electrons. The predicted octanol–water partition coefficient (Wildman–Crippen LogP) is 2.52. The molecule has 22 heavy (non-hydrogen) atoms. The van der Waals surface area contributed by atoms with Crippen molar-refractivity contribution in [1.29, 1.82) is 0 Å². The minimum atomic E-state index is 0.870. The smallest absolute Gasteiger partial charge is 0.0223 e. The Kier molecular flexibility index (Phi) is 4.49. The third kappa shape index (κ3) is 3.09. The second-order valence-electron chi connectivity index (χ2n) is 8.88. The van der Waals surface area contributed by atoms with Crippen molar-refractivity contribution in [3.63, 3.8) is 0 Å². The van der Waals surface area contributed by atoms with E-state index in [0.29, 0.717) is 0 Å². The summed E-state index contributed by atoms with van der Waals surface area (Å²) in [5.74, 6) is 3.07. The third-order valence-electron chi connectivity index (χ3n) is 7.16. The molecule has 3 unspecified atom stereocenters. The van der Waals surface area contributed by atoms with Crippen LogP contribution in [0.3, 0.4) is 0 Å². The van der Waals surface area contributed by atoms with Gasteiger partial charge in [0.1, 0.15) is 0 Å². The topological polar surface area (TPSA) is 9.72 Å². The quantitative estimate of drug-likeness (QED) is 0.776. The lowest BCUT2D eigenvalue weighted by Crippen LogP contribution is -2.53. The number of nitrogens with zero attached hydrogens (tertiary/aromatic N) is 3. The molecule has 3 atom stereocenters. The molecule has 1 saturated carbocycles. The van der Waals surface area contributed by atoms with Gasteiger partial charge in [-0.15, -0.1) is 0 Å². The van der Waals surface area contributed by atoms with Crippen molar-refractivity contribution in [2.24, 2.45) is 17.8 Å². The SMILES string of the molecule is CC1CC2CN(C3CCCN(C4CCN(C)CC4)C3)CC2C1. The Labute approximate surface area is 137 Å². The van der Waals surface area contributed by atoms with Crippen molar-refractivity contribution in [3.05, 3.63) is 0 Å². The van der Waals surface area contributed by atoms with Gasteiger partial charge in [0.15, 0.2) is 0 Å². The van der Waals surface area contributed by atoms with Crippen LogP contribution in [-0.4, -0.2) is 73.1 Å². The van der Waals surface area contributed by atoms with E-state index in [1.807, 2.05) is 0 Å². The molecule has 3 heterocycles. The minimum absolute atomic E-state index is 0.870. The summed E-state index contributed by atoms with van der Waals surface area (Å²) in [5.41, 5.74) is 0. The predicted molar refractivity (Wildman–Crippen MR) is 92.1 cm³/mol. The van der Waals surface area contributed by atoms with E-state index in [9.17, 15) is 0 Å². The van der Waals surface area contributed by atoms with Crippen molar-refractivity contribution in [3.8, 4) is 0 Å². The Morgan fingerprint density at radius 1 is 0.727 bits per heavy atom. The molecule has 0 aromatic rings. The highest BCUT2D eigenvalue weighted by Crippen LogP contribution is 2.42. The highest BCUT2D eigenvalue weighted by molar-refractivity contribution is 4.95. The second kappa shape index (κ2) is 6.41. The molecule has 0 aromatic carbocycles. The van der Waals surface area contributed by atoms with Crippen LogP contribution in [0.4, 0.5) is 0 Å². The lowest BCUT2D eigenvalue weighted by atomic mass is 9.97. The summed E-state index contributed by atoms with van der Waals surface area (Å²) in [5, 5.41) is 0. The molecule has 0 bridgehead atoms. The van der Waals surface area contributed by atoms with Crippen LogP contribution in [0.2, 0.25) is 0 Å². The Hall–Kier alpha value is -0.120. The van der Waals surface area contributed by atoms with Crippen LogP contribution in [0.1, 0.15) is 45.4 Å². The number of likely N-dealkylation sites (tertiary alicyclic amines) is 3. The molecule has 4 rings (SSSR count). The van der Waals surface area contributed by atoms with E-state index in [2.05, 4.69) is 28.7 Å². The zero-order valence-electron chi connectivity index (χ0n) is 14.7. The average Bonchev–Trinajstić information content (AvgIpc) is 3.05. The average molecular weight is 306 g/mol. The summed E-state index contributed by atoms with van der Waals surface area (Å²) in [6.07, 6.45) is 8.69. The van der Waals surface area contributed by atoms with E-state index in [0.717, 1.165) is 29.8 Å². The van der Waals surface area contributed by atoms with Gasteiger partial charge in [-0.05, 0) is 83.0 Å². The number of piperidine rings is 2. The van der Waals surface area contributed by atoms with Gasteiger partial charge in [-0.3, -0.25) is 9.80 Å². The van der Waals surface area contributed by atoms with E-state index >= 15 is 0 Å². The molecule has 3 aliphatic heterocycles. The van der Waals surface area contributed by atoms with Crippen molar-refractivity contribution in [1.82, 2.24) is 14.7 Å². The van der Waals surface area contributed by atoms with Crippen LogP contribution in [0.5, 0.6) is 0 Å². The molecule has 0 spiro atoms. The molecule has 3 saturated heterocycles. The first kappa shape index (κ1) is 15.4. The second-order valence-corrected chi connectivity index (χ2v) is 8.88. The fourth-order valence-electron chi connectivity index (χ4n) is 5.91. The van der Waals surface area contributed by atoms with Crippen LogP contribution in [0, 0.1) is 17.8 Å². The van der Waals surface area contributed by atoms with E-state index in [1.165, 1.54) is 77.8 Å². The van der Waals surface area contributed by atoms with Crippen LogP contribution in [0.25, 0.3) is 0 Å². The van der Waals surface area contributed by atoms with Crippen LogP contribution in [-0.2, 0) is 0 Å². The van der Waals surface area contributed by atoms with Gasteiger partial charge in [-0.2, -0.15) is 0 Å². The Morgan fingerprint density at radius 3 is 2.09 bits per heavy atom. The van der Waals surface area contributed by atoms with E-state index in [4.69, 9.17) is 0 Å². The first-order valence-electron chi connectivity index (χ1n) is 9.85. The maximum atomic E-state index is 2.89. The van der Waals surface area contributed by atoms with Crippen LogP contribution in [0.15, 0.2) is 0 Å². The van der Waals surface area contributed by atoms with Crippen LogP contribution < -0.4 is 0 Å². The van der Waals surface area contributed by atoms with Crippen molar-refractivity contribution < 1.29 is 0 Å². The summed E-state index contributed by atoms with van der Waals surface area (Å²) in [7, 11) is 2.28. The molecular formula is C19H35N3. The highest BCUT2D eigenvalue weighted by Gasteiger charge is 2.42. The largest absolute Gasteiger partial charge is 0.306 e. The zero-order valence-corrected chi connectivity index (χ0v) is 14.7. The normalized spacial score (nSPS) is 42.8. The molecule has 0 aromatic heterocycles. The molecule has 4 fully saturated rings. The molecule has 1 aliphatic carbocycles. The number of hydrogen-bond donors (Lipinski definition) is 0. The van der Waals surface area contributed by atoms with E-state index in [1.54, 1.807) is 0 Å². The summed E-state index contributed by atoms with van der Waals surface area (Å²) < 4.78 is 0. The summed E-state index contributed by atoms with van der Waals surface area (Å²) in [6.45, 7) is 10.6. The molecule has 0 N–H and O–H groups in total. The Bertz CT molecular complexity index is 363. The molecule has 0 amide bonds. The lowest BCUT2D eigenvalue weighted by Gasteiger charge is -2.44. The minimum Gasteiger partial charge on any atom is -0.306 e. The lowest BCUT2D eigenvalue weighted by molar-refractivity contribution is 0.0529. The fourth-order valence-corrected chi connectivity index (χ4v) is 5.91. The maximum absolute atomic E-state index is 2.89. The monoisotopic (exact) mass is 305 g/mol. The third-order valence-corrected chi connectivity index (χ3v) is 7.16. The van der Waals surface area contributed by atoms with Crippen LogP contribution >= 0.6 is 0 Å². The van der Waals surface area contributed by atoms with Gasteiger partial charge >= 0.3 is 0 Å². The van der Waals surface area contributed by atoms with Gasteiger partial charge in [0.05, 0.1) is 0 Å². The molecule has 4 aliphatic rings. The summed E-state index contributed by atoms with van der Waals surface area (Å²) in [6, 6.07) is 1.75. The molecular weight excluding hydrogens is 270 g/mol. The van der Waals surface area contributed by atoms with Gasteiger partial charge in [-0.25, -0.2) is 0 Å². The Morgan fingerprint density at radius 2 is 1.41 bits per heavy atom. The highest BCUT2D eigenvalue weighted by atomic mass is 15.3. The molecule has 3 heteroatoms. The number of fused-ring (bicyclic) bond motifs is 1. The fraction of sp³-hybridized carbons (Fsp3) is 1.00. The van der Waals surface area contributed by atoms with Gasteiger partial charge < -0.3 is 4.90 Å². The summed E-state index contributed by atoms with van der Waals surface area (Å²) >= 11 is 0. The first-order valence-corrected chi connectivity index (χ1v) is 9.85. The Balaban J connectivity index is 1.32. The number of rotatable bonds is 2. The van der Waals surface area contributed by atoms with Gasteiger partial charge in [0.2, 0.25) is 0 Å². The molecule has 3 nitrogen and oxygen atoms in total. The van der Waals surface area contributed by atoms with Gasteiger partial charge in [-0.1, -0.05) is 6.92 Å². The first-order chi connectivity index (χ1) is 10.7.